The van der Waals surface area contributed by atoms with Crippen LogP contribution >= 0.6 is 0 Å². The minimum Gasteiger partial charge on any atom is -0.512 e. The summed E-state index contributed by atoms with van der Waals surface area (Å²) in [5.74, 6) is 0.285. The van der Waals surface area contributed by atoms with Gasteiger partial charge in [0.1, 0.15) is 5.76 Å². The predicted molar refractivity (Wildman–Crippen MR) is 60.3 cm³/mol. The summed E-state index contributed by atoms with van der Waals surface area (Å²) in [5, 5.41) is 9.78. The minimum absolute atomic E-state index is 0.285. The summed E-state index contributed by atoms with van der Waals surface area (Å²) in [6.45, 7) is 9.68. The van der Waals surface area contributed by atoms with E-state index in [-0.39, 0.29) is 5.76 Å². The maximum atomic E-state index is 10.0. The normalized spacial score (nSPS) is 13.1. The fourth-order valence-electron chi connectivity index (χ4n) is 1.36. The average Bonchev–Trinajstić information content (AvgIpc) is 2.14. The van der Waals surface area contributed by atoms with Gasteiger partial charge < -0.3 is 9.84 Å². The number of hydrogen-bond acceptors (Lipinski definition) is 3. The van der Waals surface area contributed by atoms with E-state index in [1.54, 1.807) is 13.8 Å². The number of carbonyl (C=O) groups excluding carboxylic acids is 1. The molecule has 0 unspecified atom stereocenters. The number of hydrogen-bond donors (Lipinski definition) is 1. The Morgan fingerprint density at radius 1 is 1.47 bits per heavy atom. The summed E-state index contributed by atoms with van der Waals surface area (Å²) in [6, 6.07) is 0. The lowest BCUT2D eigenvalue weighted by molar-refractivity contribution is -0.123. The molecule has 0 atom stereocenters. The summed E-state index contributed by atoms with van der Waals surface area (Å²) in [7, 11) is 0. The number of aliphatic hydroxyl groups excluding tert-OH is 1. The summed E-state index contributed by atoms with van der Waals surface area (Å²) in [5.41, 5.74) is 2.11. The Morgan fingerprint density at radius 2 is 2.07 bits per heavy atom. The van der Waals surface area contributed by atoms with Crippen molar-refractivity contribution in [2.75, 3.05) is 0 Å². The first-order valence-electron chi connectivity index (χ1n) is 4.88. The molecule has 1 N–H and O–H groups in total. The third-order valence-electron chi connectivity index (χ3n) is 1.90. The topological polar surface area (TPSA) is 46.5 Å². The van der Waals surface area contributed by atoms with Crippen LogP contribution in [0.4, 0.5) is 0 Å². The van der Waals surface area contributed by atoms with Gasteiger partial charge in [-0.1, -0.05) is 13.5 Å². The summed E-state index contributed by atoms with van der Waals surface area (Å²) < 4.78 is 4.53. The van der Waals surface area contributed by atoms with E-state index in [0.29, 0.717) is 24.0 Å². The number of allylic oxidation sites excluding steroid dienone is 4. The zero-order chi connectivity index (χ0) is 11.8. The highest BCUT2D eigenvalue weighted by atomic mass is 16.5. The lowest BCUT2D eigenvalue weighted by atomic mass is 9.99. The Labute approximate surface area is 90.8 Å². The highest BCUT2D eigenvalue weighted by Gasteiger charge is 2.08. The first-order valence-corrected chi connectivity index (χ1v) is 4.88. The van der Waals surface area contributed by atoms with Crippen LogP contribution in [0, 0.1) is 0 Å². The molecule has 84 valence electrons. The lowest BCUT2D eigenvalue weighted by Crippen LogP contribution is -1.96. The maximum Gasteiger partial charge on any atom is 0.297 e. The van der Waals surface area contributed by atoms with Crippen LogP contribution in [0.1, 0.15) is 33.6 Å². The molecular formula is C12H18O3. The molecule has 0 aromatic carbocycles. The quantitative estimate of drug-likeness (QED) is 0.416. The number of rotatable bonds is 6. The highest BCUT2D eigenvalue weighted by molar-refractivity contribution is 5.46. The Balaban J connectivity index is 5.04. The van der Waals surface area contributed by atoms with E-state index < -0.39 is 0 Å². The standard InChI is InChI=1S/C12H18O3/c1-5-6-11(14)12(9(2)3)10(4)7-15-8-13/h7-8,14H,2,5-6H2,1,3-4H3/b10-7+,12-11-. The molecule has 3 nitrogen and oxygen atoms in total. The van der Waals surface area contributed by atoms with Gasteiger partial charge in [0.15, 0.2) is 0 Å². The third kappa shape index (κ3) is 4.49. The van der Waals surface area contributed by atoms with Crippen molar-refractivity contribution in [2.45, 2.75) is 33.6 Å². The van der Waals surface area contributed by atoms with Crippen molar-refractivity contribution in [3.05, 3.63) is 35.3 Å². The van der Waals surface area contributed by atoms with Gasteiger partial charge in [-0.05, 0) is 31.4 Å². The molecule has 15 heavy (non-hydrogen) atoms. The largest absolute Gasteiger partial charge is 0.512 e. The number of aliphatic hydroxyl groups is 1. The van der Waals surface area contributed by atoms with Crippen LogP contribution in [0.3, 0.4) is 0 Å². The predicted octanol–water partition coefficient (Wildman–Crippen LogP) is 3.25. The number of carbonyl (C=O) groups is 1. The average molecular weight is 210 g/mol. The van der Waals surface area contributed by atoms with Crippen LogP contribution < -0.4 is 0 Å². The van der Waals surface area contributed by atoms with Gasteiger partial charge in [0, 0.05) is 12.0 Å². The van der Waals surface area contributed by atoms with E-state index in [1.807, 2.05) is 6.92 Å². The van der Waals surface area contributed by atoms with Gasteiger partial charge >= 0.3 is 0 Å². The smallest absolute Gasteiger partial charge is 0.297 e. The fourth-order valence-corrected chi connectivity index (χ4v) is 1.36. The van der Waals surface area contributed by atoms with Crippen molar-refractivity contribution in [1.29, 1.82) is 0 Å². The molecule has 0 saturated carbocycles. The van der Waals surface area contributed by atoms with Crippen LogP contribution in [-0.2, 0) is 9.53 Å². The SMILES string of the molecule is C=C(C)C(=C(/O)CCC)/C(C)=C/OC=O. The molecule has 0 rings (SSSR count). The van der Waals surface area contributed by atoms with E-state index in [9.17, 15) is 9.90 Å². The van der Waals surface area contributed by atoms with Crippen LogP contribution in [-0.4, -0.2) is 11.6 Å². The van der Waals surface area contributed by atoms with Crippen molar-refractivity contribution in [1.82, 2.24) is 0 Å². The Kier molecular flexibility index (Phi) is 6.18. The summed E-state index contributed by atoms with van der Waals surface area (Å²) in [6.07, 6.45) is 2.75. The van der Waals surface area contributed by atoms with E-state index in [1.165, 1.54) is 6.26 Å². The van der Waals surface area contributed by atoms with Crippen LogP contribution in [0.15, 0.2) is 35.3 Å². The van der Waals surface area contributed by atoms with Crippen molar-refractivity contribution >= 4 is 6.47 Å². The first kappa shape index (κ1) is 13.5. The molecule has 0 aromatic rings. The zero-order valence-corrected chi connectivity index (χ0v) is 9.54. The summed E-state index contributed by atoms with van der Waals surface area (Å²) in [4.78, 5) is 10.0. The third-order valence-corrected chi connectivity index (χ3v) is 1.90. The fraction of sp³-hybridized carbons (Fsp3) is 0.417. The minimum atomic E-state index is 0.285. The Hall–Kier alpha value is -1.51. The van der Waals surface area contributed by atoms with Gasteiger partial charge in [0.25, 0.3) is 6.47 Å². The Morgan fingerprint density at radius 3 is 2.47 bits per heavy atom. The molecule has 0 bridgehead atoms. The molecular weight excluding hydrogens is 192 g/mol. The molecule has 0 aliphatic carbocycles. The molecule has 0 spiro atoms. The van der Waals surface area contributed by atoms with Gasteiger partial charge in [-0.15, -0.1) is 0 Å². The second kappa shape index (κ2) is 6.87. The molecule has 0 aromatic heterocycles. The molecule has 0 saturated heterocycles. The molecule has 0 fully saturated rings. The summed E-state index contributed by atoms with van der Waals surface area (Å²) >= 11 is 0. The van der Waals surface area contributed by atoms with Crippen molar-refractivity contribution < 1.29 is 14.6 Å². The second-order valence-electron chi connectivity index (χ2n) is 3.39. The highest BCUT2D eigenvalue weighted by Crippen LogP contribution is 2.22. The molecule has 0 heterocycles. The van der Waals surface area contributed by atoms with Crippen LogP contribution in [0.2, 0.25) is 0 Å². The second-order valence-corrected chi connectivity index (χ2v) is 3.39. The van der Waals surface area contributed by atoms with Gasteiger partial charge in [0.2, 0.25) is 0 Å². The molecule has 0 amide bonds. The molecule has 0 aliphatic heterocycles. The maximum absolute atomic E-state index is 10.0. The van der Waals surface area contributed by atoms with Gasteiger partial charge in [-0.2, -0.15) is 0 Å². The van der Waals surface area contributed by atoms with Crippen LogP contribution in [0.25, 0.3) is 0 Å². The van der Waals surface area contributed by atoms with Gasteiger partial charge in [-0.3, -0.25) is 4.79 Å². The monoisotopic (exact) mass is 210 g/mol. The van der Waals surface area contributed by atoms with Crippen molar-refractivity contribution in [3.63, 3.8) is 0 Å². The van der Waals surface area contributed by atoms with Crippen molar-refractivity contribution in [3.8, 4) is 0 Å². The number of ether oxygens (including phenoxy) is 1. The zero-order valence-electron chi connectivity index (χ0n) is 9.54. The Bertz CT molecular complexity index is 298. The van der Waals surface area contributed by atoms with Gasteiger partial charge in [-0.25, -0.2) is 0 Å². The molecule has 3 heteroatoms. The van der Waals surface area contributed by atoms with Crippen molar-refractivity contribution in [2.24, 2.45) is 0 Å². The van der Waals surface area contributed by atoms with Crippen LogP contribution in [0.5, 0.6) is 0 Å². The van der Waals surface area contributed by atoms with E-state index in [4.69, 9.17) is 0 Å². The van der Waals surface area contributed by atoms with E-state index in [2.05, 4.69) is 11.3 Å². The van der Waals surface area contributed by atoms with E-state index in [0.717, 1.165) is 12.0 Å². The molecule has 0 radical (unpaired) electrons. The van der Waals surface area contributed by atoms with E-state index >= 15 is 0 Å². The molecule has 0 aliphatic rings. The first-order chi connectivity index (χ1) is 7.04. The lowest BCUT2D eigenvalue weighted by Gasteiger charge is -2.10. The van der Waals surface area contributed by atoms with Gasteiger partial charge in [0.05, 0.1) is 6.26 Å².